The molecule has 12 aliphatic rings. The topological polar surface area (TPSA) is 574 Å². The third kappa shape index (κ3) is 15.1. The Hall–Kier alpha value is -6.34. The Morgan fingerprint density at radius 1 is 0.630 bits per heavy atom. The lowest BCUT2D eigenvalue weighted by atomic mass is 9.53. The Balaban J connectivity index is 0.779. The molecule has 1 spiro atoms. The molecule has 7 heterocycles. The van der Waals surface area contributed by atoms with Crippen LogP contribution in [0.5, 0.6) is 5.75 Å². The average Bonchev–Trinajstić information content (AvgIpc) is 0.861. The molecule has 4 bridgehead atoms. The number of hydrogen-bond donors (Lipinski definition) is 21. The highest BCUT2D eigenvalue weighted by molar-refractivity contribution is 5.98. The molecule has 6 amide bonds. The zero-order valence-electron chi connectivity index (χ0n) is 54.7. The maximum absolute atomic E-state index is 15.2. The van der Waals surface area contributed by atoms with Crippen LogP contribution >= 0.6 is 0 Å². The molecule has 0 aromatic heterocycles. The van der Waals surface area contributed by atoms with Gasteiger partial charge in [-0.2, -0.15) is 0 Å². The molecule has 24 atom stereocenters. The molecule has 1 aromatic carbocycles. The molecule has 1 aromatic rings. The maximum Gasteiger partial charge on any atom is 0.246 e. The number of carbonyl (C=O) groups is 6. The van der Waals surface area contributed by atoms with Crippen LogP contribution in [0, 0.1) is 29.6 Å². The molecule has 0 radical (unpaired) electrons. The van der Waals surface area contributed by atoms with Gasteiger partial charge in [0.15, 0.2) is 30.2 Å². The summed E-state index contributed by atoms with van der Waals surface area (Å²) in [6.45, 7) is -4.38. The Morgan fingerprint density at radius 2 is 1.27 bits per heavy atom. The number of fused-ring (bicyclic) bond motifs is 1. The van der Waals surface area contributed by atoms with Crippen LogP contribution in [0.4, 0.5) is 0 Å². The molecule has 5 saturated heterocycles. The summed E-state index contributed by atoms with van der Waals surface area (Å²) >= 11 is 0. The lowest BCUT2D eigenvalue weighted by Gasteiger charge is -2.63. The van der Waals surface area contributed by atoms with E-state index in [9.17, 15) is 80.5 Å². The van der Waals surface area contributed by atoms with Crippen molar-refractivity contribution in [1.82, 2.24) is 42.1 Å². The zero-order valence-corrected chi connectivity index (χ0v) is 54.7. The van der Waals surface area contributed by atoms with E-state index in [0.717, 1.165) is 49.8 Å². The molecule has 5 aliphatic carbocycles. The quantitative estimate of drug-likeness (QED) is 0.0731. The molecule has 37 nitrogen and oxygen atoms in total. The molecule has 556 valence electrons. The summed E-state index contributed by atoms with van der Waals surface area (Å²) in [5.74, 6) is -7.12. The van der Waals surface area contributed by atoms with Crippen LogP contribution in [0.1, 0.15) is 76.2 Å². The van der Waals surface area contributed by atoms with E-state index >= 15 is 9.59 Å². The van der Waals surface area contributed by atoms with Crippen LogP contribution in [0.25, 0.3) is 0 Å². The molecule has 7 aliphatic heterocycles. The van der Waals surface area contributed by atoms with Gasteiger partial charge in [-0.3, -0.25) is 33.8 Å². The molecule has 0 unspecified atom stereocenters. The first kappa shape index (κ1) is 73.4. The van der Waals surface area contributed by atoms with Crippen molar-refractivity contribution >= 4 is 47.4 Å². The first-order valence-electron chi connectivity index (χ1n) is 34.5. The second-order valence-corrected chi connectivity index (χ2v) is 28.4. The van der Waals surface area contributed by atoms with Gasteiger partial charge in [0.25, 0.3) is 0 Å². The maximum atomic E-state index is 15.2. The van der Waals surface area contributed by atoms with Gasteiger partial charge in [-0.1, -0.05) is 44.2 Å². The van der Waals surface area contributed by atoms with Crippen molar-refractivity contribution in [3.8, 4) is 5.75 Å². The second kappa shape index (κ2) is 30.9. The van der Waals surface area contributed by atoms with Gasteiger partial charge >= 0.3 is 0 Å². The Bertz CT molecular complexity index is 3120. The minimum Gasteiger partial charge on any atom is -0.462 e. The van der Waals surface area contributed by atoms with Crippen LogP contribution in [0.15, 0.2) is 34.3 Å². The van der Waals surface area contributed by atoms with Crippen molar-refractivity contribution in [2.24, 2.45) is 51.0 Å². The van der Waals surface area contributed by atoms with E-state index in [2.05, 4.69) is 47.2 Å². The van der Waals surface area contributed by atoms with Crippen LogP contribution in [-0.4, -0.2) is 312 Å². The smallest absolute Gasteiger partial charge is 0.246 e. The van der Waals surface area contributed by atoms with Crippen molar-refractivity contribution in [3.05, 3.63) is 29.8 Å². The van der Waals surface area contributed by atoms with Gasteiger partial charge in [0, 0.05) is 24.8 Å². The van der Waals surface area contributed by atoms with Gasteiger partial charge in [0.05, 0.1) is 51.6 Å². The molecule has 5 saturated carbocycles. The van der Waals surface area contributed by atoms with Crippen LogP contribution in [0.3, 0.4) is 0 Å². The first-order chi connectivity index (χ1) is 47.9. The van der Waals surface area contributed by atoms with Crippen LogP contribution < -0.4 is 53.4 Å². The van der Waals surface area contributed by atoms with Crippen LogP contribution in [0.2, 0.25) is 0 Å². The lowest BCUT2D eigenvalue weighted by molar-refractivity contribution is -0.437. The summed E-state index contributed by atoms with van der Waals surface area (Å²) in [6, 6.07) is -6.84. The van der Waals surface area contributed by atoms with Gasteiger partial charge in [-0.25, -0.2) is 4.99 Å². The molecule has 13 rings (SSSR count). The van der Waals surface area contributed by atoms with Crippen molar-refractivity contribution in [2.45, 2.75) is 229 Å². The predicted octanol–water partition coefficient (Wildman–Crippen LogP) is -10.2. The number of aliphatic imine (C=N–C) groups is 2. The SMILES string of the molecule is NC1=N[C@H]([C@H](O)[C@@H]2NC(=O)[C@@H](Cc3ccc(O[C@H]4O[C@H](CO)[C@@H](O[C@H]5O[C@@H]6COC7(O[C@H]6[C@H](O)[C@@H]5O)C5CC6CC(C5)CC7C6)[C@H](O)[C@@H]4O)cc3)NC(=O)[C@H](CC3CCCCC3)NC(=O)CNC(=O)[C@H](CO)NC(=O)[C@@H]([C@@H](O)[C@@H]3CN=C(N)N3[C@H]3O[C@H](CO)[C@@H](O)[C@H](O)[C@@H]3O)NC2=O)CN1. The number of carbonyl (C=O) groups excluding carboxylic acids is 6. The second-order valence-electron chi connectivity index (χ2n) is 28.4. The van der Waals surface area contributed by atoms with Gasteiger partial charge in [-0.15, -0.1) is 0 Å². The average molecular weight is 1420 g/mol. The number of nitrogens with zero attached hydrogens (tertiary/aromatic N) is 3. The van der Waals surface area contributed by atoms with Crippen molar-refractivity contribution in [3.63, 3.8) is 0 Å². The number of aliphatic hydroxyl groups is 12. The zero-order chi connectivity index (χ0) is 71.2. The van der Waals surface area contributed by atoms with Gasteiger partial charge in [0.2, 0.25) is 41.7 Å². The first-order valence-corrected chi connectivity index (χ1v) is 34.5. The number of nitrogens with one attached hydrogen (secondary N) is 7. The Labute approximate surface area is 573 Å². The fraction of sp³-hybridized carbons (Fsp3) is 0.778. The predicted molar refractivity (Wildman–Crippen MR) is 337 cm³/mol. The van der Waals surface area contributed by atoms with Crippen LogP contribution in [-0.2, 0) is 63.6 Å². The van der Waals surface area contributed by atoms with E-state index in [-0.39, 0.29) is 54.6 Å². The van der Waals surface area contributed by atoms with Crippen molar-refractivity contribution in [1.29, 1.82) is 0 Å². The number of aliphatic hydroxyl groups excluding tert-OH is 12. The lowest BCUT2D eigenvalue weighted by Crippen LogP contribution is -2.71. The van der Waals surface area contributed by atoms with E-state index in [0.29, 0.717) is 24.7 Å². The summed E-state index contributed by atoms with van der Waals surface area (Å²) in [5, 5.41) is 152. The number of hydrogen-bond acceptors (Lipinski definition) is 31. The van der Waals surface area contributed by atoms with E-state index in [1.807, 2.05) is 0 Å². The highest BCUT2D eigenvalue weighted by Gasteiger charge is 2.65. The normalized spacial score (nSPS) is 42.9. The Kier molecular flexibility index (Phi) is 22.7. The minimum absolute atomic E-state index is 0.00915. The molecular formula is C63H94N12O25. The highest BCUT2D eigenvalue weighted by Crippen LogP contribution is 2.61. The fourth-order valence-corrected chi connectivity index (χ4v) is 16.7. The summed E-state index contributed by atoms with van der Waals surface area (Å²) in [5.41, 5.74) is 12.4. The largest absolute Gasteiger partial charge is 0.462 e. The van der Waals surface area contributed by atoms with Gasteiger partial charge in [-0.05, 0) is 74.0 Å². The fourth-order valence-electron chi connectivity index (χ4n) is 16.7. The van der Waals surface area contributed by atoms with Crippen molar-refractivity contribution in [2.75, 3.05) is 46.1 Å². The minimum atomic E-state index is -2.32. The monoisotopic (exact) mass is 1420 g/mol. The van der Waals surface area contributed by atoms with Gasteiger partial charge < -0.3 is 148 Å². The van der Waals surface area contributed by atoms with E-state index in [1.165, 1.54) is 30.7 Å². The summed E-state index contributed by atoms with van der Waals surface area (Å²) in [7, 11) is 0. The van der Waals surface area contributed by atoms with Gasteiger partial charge in [0.1, 0.15) is 121 Å². The summed E-state index contributed by atoms with van der Waals surface area (Å²) in [4.78, 5) is 96.4. The molecule has 100 heavy (non-hydrogen) atoms. The third-order valence-electron chi connectivity index (χ3n) is 21.9. The third-order valence-corrected chi connectivity index (χ3v) is 21.9. The molecular weight excluding hydrogens is 1320 g/mol. The van der Waals surface area contributed by atoms with E-state index in [4.69, 9.17) is 44.6 Å². The Morgan fingerprint density at radius 3 is 1.93 bits per heavy atom. The number of ether oxygens (including phenoxy) is 7. The van der Waals surface area contributed by atoms with Crippen molar-refractivity contribution < 1.29 is 123 Å². The summed E-state index contributed by atoms with van der Waals surface area (Å²) in [6.07, 6.45) is -20.0. The number of nitrogens with two attached hydrogens (primary N) is 2. The summed E-state index contributed by atoms with van der Waals surface area (Å²) < 4.78 is 43.0. The number of amides is 6. The molecule has 23 N–H and O–H groups in total. The number of rotatable bonds is 16. The number of benzene rings is 1. The molecule has 10 fully saturated rings. The standard InChI is InChI=1S/C63H94N12O25/c64-61-67-17-33(72-61)42(80)40-57(93)74-41(43(81)35-18-68-62(65)75(35)58-48(86)45(83)44(82)36(21-77)96-58)56(92)71-34(20-76)53(89)66-19-39(79)69-31(15-24-4-2-1-3-5-24)54(90)70-32(55(91)73-40)16-25-6-8-30(9-7-25)95-59-49(87)46(84)51(37(22-78)97-59)99-60-50(88)47(85)52-38(98-60)23-94-63(100-52)28-11-26-10-27(13-28)14-29(63)12-26/h6-9,24,26-29,31-38,40-52,58-60,76-78,80-88H,1-5,10-23H2,(H2,65,68)(H,66,89)(H,69,79)(H,70,90)(H,71,92)(H,73,91)(H,74,93)(H3,64,67,72)/t26?,27?,28?,29?,31-,32+,33-,34-,35-,36+,37+,38+,40-,41+,42-,43-,44+,45-,46+,47+,48-,49-,50-,51+,52+,58-,59-,60+,63?/m0/s1. The highest BCUT2D eigenvalue weighted by atomic mass is 16.8. The van der Waals surface area contributed by atoms with E-state index < -0.39 is 233 Å². The van der Waals surface area contributed by atoms with E-state index in [1.54, 1.807) is 0 Å². The molecule has 37 heteroatoms. The number of guanidine groups is 2.